The highest BCUT2D eigenvalue weighted by atomic mass is 32.1. The predicted molar refractivity (Wildman–Crippen MR) is 76.4 cm³/mol. The van der Waals surface area contributed by atoms with E-state index in [0.29, 0.717) is 5.75 Å². The van der Waals surface area contributed by atoms with Gasteiger partial charge in [-0.3, -0.25) is 0 Å². The normalized spacial score (nSPS) is 13.9. The third kappa shape index (κ3) is 2.99. The van der Waals surface area contributed by atoms with Crippen LogP contribution in [0.5, 0.6) is 11.5 Å². The summed E-state index contributed by atoms with van der Waals surface area (Å²) in [5.41, 5.74) is 1.10. The predicted octanol–water partition coefficient (Wildman–Crippen LogP) is 3.83. The molecule has 2 rings (SSSR count). The van der Waals surface area contributed by atoms with Gasteiger partial charge in [-0.2, -0.15) is 12.6 Å². The number of phenols is 1. The number of hydrogen-bond donors (Lipinski definition) is 2. The van der Waals surface area contributed by atoms with Crippen LogP contribution in [-0.2, 0) is 0 Å². The Balaban J connectivity index is 2.09. The van der Waals surface area contributed by atoms with Crippen LogP contribution in [0.1, 0.15) is 17.7 Å². The Morgan fingerprint density at radius 3 is 2.28 bits per heavy atom. The van der Waals surface area contributed by atoms with Crippen molar-refractivity contribution in [2.45, 2.75) is 18.3 Å². The highest BCUT2D eigenvalue weighted by molar-refractivity contribution is 7.80. The first-order valence-electron chi connectivity index (χ1n) is 5.86. The van der Waals surface area contributed by atoms with Crippen molar-refractivity contribution in [3.8, 4) is 11.5 Å². The number of aromatic hydroxyl groups is 1. The topological polar surface area (TPSA) is 29.5 Å². The van der Waals surface area contributed by atoms with Crippen molar-refractivity contribution in [1.82, 2.24) is 0 Å². The molecule has 0 aliphatic heterocycles. The molecular weight excluding hydrogens is 244 g/mol. The number of rotatable bonds is 4. The second kappa shape index (κ2) is 5.83. The molecule has 0 fully saturated rings. The fourth-order valence-corrected chi connectivity index (χ4v) is 1.98. The SMILES string of the molecule is CC(Oc1ccccc1O)C(S)c1ccccc1. The lowest BCUT2D eigenvalue weighted by Crippen LogP contribution is -2.18. The molecule has 0 bridgehead atoms. The summed E-state index contributed by atoms with van der Waals surface area (Å²) in [5, 5.41) is 9.63. The highest BCUT2D eigenvalue weighted by Gasteiger charge is 2.17. The summed E-state index contributed by atoms with van der Waals surface area (Å²) in [6.07, 6.45) is -0.135. The van der Waals surface area contributed by atoms with Gasteiger partial charge in [-0.1, -0.05) is 42.5 Å². The van der Waals surface area contributed by atoms with Gasteiger partial charge >= 0.3 is 0 Å². The van der Waals surface area contributed by atoms with Crippen LogP contribution in [0.2, 0.25) is 0 Å². The Labute approximate surface area is 113 Å². The minimum Gasteiger partial charge on any atom is -0.504 e. The summed E-state index contributed by atoms with van der Waals surface area (Å²) in [5.74, 6) is 0.637. The fourth-order valence-electron chi connectivity index (χ4n) is 1.74. The van der Waals surface area contributed by atoms with Crippen molar-refractivity contribution >= 4 is 12.6 Å². The van der Waals surface area contributed by atoms with Crippen LogP contribution in [0.15, 0.2) is 54.6 Å². The van der Waals surface area contributed by atoms with Gasteiger partial charge in [-0.25, -0.2) is 0 Å². The van der Waals surface area contributed by atoms with Gasteiger partial charge < -0.3 is 9.84 Å². The largest absolute Gasteiger partial charge is 0.504 e. The van der Waals surface area contributed by atoms with Gasteiger partial charge in [-0.15, -0.1) is 0 Å². The molecule has 3 heteroatoms. The molecule has 0 radical (unpaired) electrons. The summed E-state index contributed by atoms with van der Waals surface area (Å²) < 4.78 is 5.73. The molecular formula is C15H16O2S. The van der Waals surface area contributed by atoms with Gasteiger partial charge in [0, 0.05) is 0 Å². The van der Waals surface area contributed by atoms with Crippen molar-refractivity contribution in [3.63, 3.8) is 0 Å². The van der Waals surface area contributed by atoms with E-state index in [1.54, 1.807) is 18.2 Å². The lowest BCUT2D eigenvalue weighted by Gasteiger charge is -2.21. The highest BCUT2D eigenvalue weighted by Crippen LogP contribution is 2.31. The number of phenolic OH excluding ortho intramolecular Hbond substituents is 1. The second-order valence-corrected chi connectivity index (χ2v) is 4.70. The van der Waals surface area contributed by atoms with Crippen molar-refractivity contribution in [3.05, 3.63) is 60.2 Å². The Bertz CT molecular complexity index is 499. The molecule has 18 heavy (non-hydrogen) atoms. The maximum Gasteiger partial charge on any atom is 0.161 e. The first-order chi connectivity index (χ1) is 8.68. The molecule has 2 nitrogen and oxygen atoms in total. The summed E-state index contributed by atoms with van der Waals surface area (Å²) >= 11 is 4.57. The fraction of sp³-hybridized carbons (Fsp3) is 0.200. The molecule has 0 spiro atoms. The Hall–Kier alpha value is -1.61. The van der Waals surface area contributed by atoms with E-state index in [4.69, 9.17) is 4.74 Å². The standard InChI is InChI=1S/C15H16O2S/c1-11(15(18)12-7-3-2-4-8-12)17-14-10-6-5-9-13(14)16/h2-11,15-16,18H,1H3. The molecule has 0 aliphatic carbocycles. The molecule has 0 aromatic heterocycles. The number of ether oxygens (including phenoxy) is 1. The quantitative estimate of drug-likeness (QED) is 0.818. The van der Waals surface area contributed by atoms with Crippen LogP contribution >= 0.6 is 12.6 Å². The van der Waals surface area contributed by atoms with Gasteiger partial charge in [0.05, 0.1) is 5.25 Å². The van der Waals surface area contributed by atoms with E-state index in [1.165, 1.54) is 0 Å². The zero-order valence-electron chi connectivity index (χ0n) is 10.2. The first kappa shape index (κ1) is 12.8. The van der Waals surface area contributed by atoms with Crippen molar-refractivity contribution < 1.29 is 9.84 Å². The van der Waals surface area contributed by atoms with Crippen LogP contribution in [0.25, 0.3) is 0 Å². The van der Waals surface area contributed by atoms with Crippen LogP contribution in [0, 0.1) is 0 Å². The lowest BCUT2D eigenvalue weighted by molar-refractivity contribution is 0.210. The van der Waals surface area contributed by atoms with Gasteiger partial charge in [-0.05, 0) is 24.6 Å². The van der Waals surface area contributed by atoms with Crippen LogP contribution in [0.4, 0.5) is 0 Å². The van der Waals surface area contributed by atoms with E-state index >= 15 is 0 Å². The van der Waals surface area contributed by atoms with Gasteiger partial charge in [0.1, 0.15) is 6.10 Å². The van der Waals surface area contributed by atoms with E-state index in [-0.39, 0.29) is 17.1 Å². The molecule has 1 N–H and O–H groups in total. The average Bonchev–Trinajstić information content (AvgIpc) is 2.41. The maximum atomic E-state index is 9.66. The monoisotopic (exact) mass is 260 g/mol. The summed E-state index contributed by atoms with van der Waals surface area (Å²) in [6, 6.07) is 16.9. The van der Waals surface area contributed by atoms with Gasteiger partial charge in [0.15, 0.2) is 11.5 Å². The van der Waals surface area contributed by atoms with E-state index < -0.39 is 0 Å². The third-order valence-electron chi connectivity index (χ3n) is 2.76. The van der Waals surface area contributed by atoms with Gasteiger partial charge in [0.25, 0.3) is 0 Å². The van der Waals surface area contributed by atoms with Crippen LogP contribution in [0.3, 0.4) is 0 Å². The molecule has 2 atom stereocenters. The van der Waals surface area contributed by atoms with E-state index in [0.717, 1.165) is 5.56 Å². The number of thiol groups is 1. The molecule has 2 aromatic rings. The van der Waals surface area contributed by atoms with Crippen LogP contribution < -0.4 is 4.74 Å². The smallest absolute Gasteiger partial charge is 0.161 e. The number of benzene rings is 2. The van der Waals surface area contributed by atoms with E-state index in [9.17, 15) is 5.11 Å². The Kier molecular flexibility index (Phi) is 4.15. The number of para-hydroxylation sites is 2. The summed E-state index contributed by atoms with van der Waals surface area (Å²) in [6.45, 7) is 1.94. The Morgan fingerprint density at radius 2 is 1.61 bits per heavy atom. The zero-order valence-corrected chi connectivity index (χ0v) is 11.0. The van der Waals surface area contributed by atoms with E-state index in [2.05, 4.69) is 12.6 Å². The summed E-state index contributed by atoms with van der Waals surface area (Å²) in [4.78, 5) is 0. The number of hydrogen-bond acceptors (Lipinski definition) is 3. The third-order valence-corrected chi connectivity index (χ3v) is 3.48. The van der Waals surface area contributed by atoms with Crippen molar-refractivity contribution in [2.75, 3.05) is 0 Å². The van der Waals surface area contributed by atoms with Crippen molar-refractivity contribution in [2.24, 2.45) is 0 Å². The molecule has 0 aliphatic rings. The first-order valence-corrected chi connectivity index (χ1v) is 6.38. The molecule has 0 amide bonds. The lowest BCUT2D eigenvalue weighted by atomic mass is 10.1. The van der Waals surface area contributed by atoms with E-state index in [1.807, 2.05) is 43.3 Å². The molecule has 2 aromatic carbocycles. The second-order valence-electron chi connectivity index (χ2n) is 4.15. The minimum atomic E-state index is -0.135. The van der Waals surface area contributed by atoms with Crippen LogP contribution in [-0.4, -0.2) is 11.2 Å². The molecule has 2 unspecified atom stereocenters. The molecule has 0 heterocycles. The molecule has 0 saturated heterocycles. The zero-order chi connectivity index (χ0) is 13.0. The summed E-state index contributed by atoms with van der Waals surface area (Å²) in [7, 11) is 0. The average molecular weight is 260 g/mol. The minimum absolute atomic E-state index is 0.0363. The van der Waals surface area contributed by atoms with Crippen molar-refractivity contribution in [1.29, 1.82) is 0 Å². The molecule has 94 valence electrons. The Morgan fingerprint density at radius 1 is 1.00 bits per heavy atom. The maximum absolute atomic E-state index is 9.66. The molecule has 0 saturated carbocycles. The van der Waals surface area contributed by atoms with Gasteiger partial charge in [0.2, 0.25) is 0 Å².